The molecule has 0 aromatic heterocycles. The molecule has 3 nitrogen and oxygen atoms in total. The van der Waals surface area contributed by atoms with Crippen LogP contribution in [-0.2, 0) is 9.53 Å². The number of fused-ring (bicyclic) bond motifs is 1. The maximum atomic E-state index is 12.2. The minimum atomic E-state index is -0.783. The maximum Gasteiger partial charge on any atom is 0.347 e. The molecule has 0 N–H and O–H groups in total. The monoisotopic (exact) mass is 416 g/mol. The Morgan fingerprint density at radius 1 is 1.23 bits per heavy atom. The third kappa shape index (κ3) is 3.85. The van der Waals surface area contributed by atoms with E-state index in [9.17, 15) is 4.79 Å². The summed E-state index contributed by atoms with van der Waals surface area (Å²) >= 11 is 17.9. The first-order chi connectivity index (χ1) is 12.2. The van der Waals surface area contributed by atoms with Crippen molar-refractivity contribution in [3.05, 3.63) is 38.8 Å². The van der Waals surface area contributed by atoms with Gasteiger partial charge in [-0.25, -0.2) is 4.79 Å². The molecular weight excluding hydrogens is 395 g/mol. The van der Waals surface area contributed by atoms with E-state index in [1.54, 1.807) is 6.92 Å². The molecule has 0 aliphatic heterocycles. The lowest BCUT2D eigenvalue weighted by Gasteiger charge is -2.56. The van der Waals surface area contributed by atoms with Crippen LogP contribution in [-0.4, -0.2) is 18.7 Å². The molecule has 1 aromatic carbocycles. The topological polar surface area (TPSA) is 35.5 Å². The highest BCUT2D eigenvalue weighted by Gasteiger charge is 2.50. The SMILES string of the molecule is C[C@@H](Oc1cc(Cl)c(Cl)cc1Cl)C(=O)OCCC1=CC[C@H]2C[C@@H]1C2(C)C. The van der Waals surface area contributed by atoms with Crippen LogP contribution in [0.3, 0.4) is 0 Å². The fourth-order valence-corrected chi connectivity index (χ4v) is 4.56. The van der Waals surface area contributed by atoms with Crippen molar-refractivity contribution >= 4 is 40.8 Å². The van der Waals surface area contributed by atoms with E-state index in [1.165, 1.54) is 24.1 Å². The number of esters is 1. The molecular formula is C20H23Cl3O3. The van der Waals surface area contributed by atoms with E-state index in [0.29, 0.717) is 38.8 Å². The van der Waals surface area contributed by atoms with Crippen molar-refractivity contribution in [3.63, 3.8) is 0 Å². The van der Waals surface area contributed by atoms with E-state index in [1.807, 2.05) is 0 Å². The Hall–Kier alpha value is -0.900. The summed E-state index contributed by atoms with van der Waals surface area (Å²) in [5.74, 6) is 1.32. The quantitative estimate of drug-likeness (QED) is 0.308. The van der Waals surface area contributed by atoms with Gasteiger partial charge in [0.1, 0.15) is 5.75 Å². The van der Waals surface area contributed by atoms with Crippen LogP contribution in [0.4, 0.5) is 0 Å². The standard InChI is InChI=1S/C20H23Cl3O3/c1-11(26-18-10-16(22)15(21)9-17(18)23)19(24)25-7-6-12-4-5-13-8-14(12)20(13,2)3/h4,9-11,13-14H,5-8H2,1-3H3/t11-,13+,14+/m1/s1. The van der Waals surface area contributed by atoms with Crippen LogP contribution in [0, 0.1) is 17.3 Å². The van der Waals surface area contributed by atoms with E-state index in [-0.39, 0.29) is 0 Å². The lowest BCUT2D eigenvalue weighted by molar-refractivity contribution is -0.151. The van der Waals surface area contributed by atoms with Crippen LogP contribution in [0.25, 0.3) is 0 Å². The molecule has 0 radical (unpaired) electrons. The van der Waals surface area contributed by atoms with Crippen LogP contribution in [0.1, 0.15) is 40.0 Å². The molecule has 0 spiro atoms. The first-order valence-corrected chi connectivity index (χ1v) is 10.00. The lowest BCUT2D eigenvalue weighted by Crippen LogP contribution is -2.48. The van der Waals surface area contributed by atoms with Crippen LogP contribution in [0.2, 0.25) is 15.1 Å². The fraction of sp³-hybridized carbons (Fsp3) is 0.550. The van der Waals surface area contributed by atoms with Gasteiger partial charge in [0.05, 0.1) is 21.7 Å². The summed E-state index contributed by atoms with van der Waals surface area (Å²) in [4.78, 5) is 12.2. The molecule has 4 rings (SSSR count). The summed E-state index contributed by atoms with van der Waals surface area (Å²) in [6.07, 6.45) is 4.74. The van der Waals surface area contributed by atoms with Gasteiger partial charge in [-0.3, -0.25) is 0 Å². The highest BCUT2D eigenvalue weighted by molar-refractivity contribution is 6.43. The van der Waals surface area contributed by atoms with Crippen molar-refractivity contribution in [2.24, 2.45) is 17.3 Å². The second kappa shape index (κ2) is 7.61. The van der Waals surface area contributed by atoms with Gasteiger partial charge in [0.25, 0.3) is 0 Å². The summed E-state index contributed by atoms with van der Waals surface area (Å²) in [5, 5.41) is 0.951. The van der Waals surface area contributed by atoms with Gasteiger partial charge in [-0.2, -0.15) is 0 Å². The number of hydrogen-bond acceptors (Lipinski definition) is 3. The molecule has 1 aromatic rings. The molecule has 1 fully saturated rings. The molecule has 1 saturated carbocycles. The second-order valence-electron chi connectivity index (χ2n) is 7.70. The Bertz CT molecular complexity index is 742. The Balaban J connectivity index is 1.49. The number of halogens is 3. The Morgan fingerprint density at radius 2 is 1.92 bits per heavy atom. The zero-order chi connectivity index (χ0) is 19.1. The molecule has 0 heterocycles. The van der Waals surface area contributed by atoms with Crippen LogP contribution in [0.15, 0.2) is 23.8 Å². The molecule has 6 heteroatoms. The number of benzene rings is 1. The highest BCUT2D eigenvalue weighted by Crippen LogP contribution is 2.59. The number of carbonyl (C=O) groups excluding carboxylic acids is 1. The second-order valence-corrected chi connectivity index (χ2v) is 8.92. The zero-order valence-corrected chi connectivity index (χ0v) is 17.4. The van der Waals surface area contributed by atoms with E-state index in [4.69, 9.17) is 44.3 Å². The summed E-state index contributed by atoms with van der Waals surface area (Å²) in [6.45, 7) is 6.66. The van der Waals surface area contributed by atoms with Crippen molar-refractivity contribution in [1.82, 2.24) is 0 Å². The minimum Gasteiger partial charge on any atom is -0.477 e. The van der Waals surface area contributed by atoms with Crippen molar-refractivity contribution in [3.8, 4) is 5.75 Å². The summed E-state index contributed by atoms with van der Waals surface area (Å²) in [7, 11) is 0. The third-order valence-corrected chi connectivity index (χ3v) is 6.85. The zero-order valence-electron chi connectivity index (χ0n) is 15.2. The average Bonchev–Trinajstić information content (AvgIpc) is 2.59. The van der Waals surface area contributed by atoms with Gasteiger partial charge in [-0.1, -0.05) is 60.3 Å². The van der Waals surface area contributed by atoms with Crippen molar-refractivity contribution < 1.29 is 14.3 Å². The molecule has 2 bridgehead atoms. The maximum absolute atomic E-state index is 12.2. The Labute approximate surface area is 169 Å². The molecule has 3 atom stereocenters. The number of hydrogen-bond donors (Lipinski definition) is 0. The molecule has 142 valence electrons. The molecule has 0 unspecified atom stereocenters. The predicted octanol–water partition coefficient (Wildman–Crippen LogP) is 6.34. The van der Waals surface area contributed by atoms with Crippen molar-refractivity contribution in [1.29, 1.82) is 0 Å². The first-order valence-electron chi connectivity index (χ1n) is 8.87. The van der Waals surface area contributed by atoms with Crippen LogP contribution in [0.5, 0.6) is 5.75 Å². The van der Waals surface area contributed by atoms with Crippen LogP contribution >= 0.6 is 34.8 Å². The molecule has 0 saturated heterocycles. The summed E-state index contributed by atoms with van der Waals surface area (Å²) in [6, 6.07) is 2.99. The van der Waals surface area contributed by atoms with E-state index in [2.05, 4.69) is 19.9 Å². The normalized spacial score (nSPS) is 24.3. The molecule has 0 amide bonds. The largest absolute Gasteiger partial charge is 0.477 e. The lowest BCUT2D eigenvalue weighted by atomic mass is 9.48. The molecule has 3 aliphatic rings. The minimum absolute atomic E-state index is 0.299. The molecule has 3 aliphatic carbocycles. The fourth-order valence-electron chi connectivity index (χ4n) is 3.98. The van der Waals surface area contributed by atoms with Gasteiger partial charge in [0, 0.05) is 12.5 Å². The summed E-state index contributed by atoms with van der Waals surface area (Å²) in [5.41, 5.74) is 1.81. The molecule has 26 heavy (non-hydrogen) atoms. The average molecular weight is 418 g/mol. The number of rotatable bonds is 6. The van der Waals surface area contributed by atoms with E-state index < -0.39 is 12.1 Å². The Kier molecular flexibility index (Phi) is 5.81. The first kappa shape index (κ1) is 19.9. The number of ether oxygens (including phenoxy) is 2. The van der Waals surface area contributed by atoms with Gasteiger partial charge in [-0.15, -0.1) is 0 Å². The van der Waals surface area contributed by atoms with Gasteiger partial charge in [0.2, 0.25) is 0 Å². The number of allylic oxidation sites excluding steroid dienone is 1. The Morgan fingerprint density at radius 3 is 2.58 bits per heavy atom. The third-order valence-electron chi connectivity index (χ3n) is 5.83. The van der Waals surface area contributed by atoms with Gasteiger partial charge in [0.15, 0.2) is 6.10 Å². The number of carbonyl (C=O) groups is 1. The smallest absolute Gasteiger partial charge is 0.347 e. The van der Waals surface area contributed by atoms with Crippen molar-refractivity contribution in [2.45, 2.75) is 46.1 Å². The summed E-state index contributed by atoms with van der Waals surface area (Å²) < 4.78 is 11.0. The van der Waals surface area contributed by atoms with Gasteiger partial charge in [-0.05, 0) is 43.1 Å². The predicted molar refractivity (Wildman–Crippen MR) is 105 cm³/mol. The van der Waals surface area contributed by atoms with E-state index in [0.717, 1.165) is 18.8 Å². The highest BCUT2D eigenvalue weighted by atomic mass is 35.5. The van der Waals surface area contributed by atoms with Crippen molar-refractivity contribution in [2.75, 3.05) is 6.61 Å². The van der Waals surface area contributed by atoms with Gasteiger partial charge >= 0.3 is 5.97 Å². The van der Waals surface area contributed by atoms with Crippen LogP contribution < -0.4 is 4.74 Å². The van der Waals surface area contributed by atoms with Gasteiger partial charge < -0.3 is 9.47 Å². The van der Waals surface area contributed by atoms with E-state index >= 15 is 0 Å².